The average molecular weight is 561 g/mol. The number of ether oxygens (including phenoxy) is 2. The van der Waals surface area contributed by atoms with Gasteiger partial charge in [0.05, 0.1) is 17.8 Å². The molecule has 1 fully saturated rings. The van der Waals surface area contributed by atoms with Crippen LogP contribution in [0.4, 0.5) is 5.82 Å². The highest BCUT2D eigenvalue weighted by atomic mass is 35.5. The van der Waals surface area contributed by atoms with Crippen LogP contribution < -0.4 is 10.1 Å². The van der Waals surface area contributed by atoms with E-state index in [2.05, 4.69) is 27.3 Å². The Balaban J connectivity index is 1.37. The minimum Gasteiger partial charge on any atom is -0.488 e. The third-order valence-electron chi connectivity index (χ3n) is 7.71. The van der Waals surface area contributed by atoms with Gasteiger partial charge in [-0.15, -0.1) is 0 Å². The molecular formula is C31H33ClN4O4. The first-order valence-electron chi connectivity index (χ1n) is 13.4. The lowest BCUT2D eigenvalue weighted by Gasteiger charge is -2.40. The smallest absolute Gasteiger partial charge is 0.342 e. The van der Waals surface area contributed by atoms with E-state index in [1.54, 1.807) is 6.07 Å². The molecular weight excluding hydrogens is 528 g/mol. The summed E-state index contributed by atoms with van der Waals surface area (Å²) in [4.78, 5) is 18.7. The van der Waals surface area contributed by atoms with Gasteiger partial charge in [0.25, 0.3) is 0 Å². The number of aromatic nitrogens is 1. The second-order valence-corrected chi connectivity index (χ2v) is 10.5. The normalized spacial score (nSPS) is 15.9. The monoisotopic (exact) mass is 560 g/mol. The lowest BCUT2D eigenvalue weighted by Crippen LogP contribution is -2.43. The zero-order valence-corrected chi connectivity index (χ0v) is 23.4. The number of aryl methyl sites for hydroxylation is 1. The van der Waals surface area contributed by atoms with Crippen molar-refractivity contribution in [2.75, 3.05) is 19.0 Å². The van der Waals surface area contributed by atoms with E-state index >= 15 is 0 Å². The highest BCUT2D eigenvalue weighted by molar-refractivity contribution is 6.32. The van der Waals surface area contributed by atoms with Gasteiger partial charge in [0.1, 0.15) is 23.7 Å². The molecule has 2 aromatic carbocycles. The van der Waals surface area contributed by atoms with Crippen molar-refractivity contribution >= 4 is 29.6 Å². The van der Waals surface area contributed by atoms with Gasteiger partial charge in [0.2, 0.25) is 5.88 Å². The molecule has 9 heteroatoms. The lowest BCUT2D eigenvalue weighted by molar-refractivity contribution is -0.132. The Morgan fingerprint density at radius 3 is 2.73 bits per heavy atom. The van der Waals surface area contributed by atoms with Crippen molar-refractivity contribution in [3.05, 3.63) is 87.3 Å². The molecule has 0 bridgehead atoms. The number of anilines is 1. The first-order chi connectivity index (χ1) is 19.4. The lowest BCUT2D eigenvalue weighted by atomic mass is 9.88. The molecule has 1 aliphatic carbocycles. The van der Waals surface area contributed by atoms with Crippen LogP contribution >= 0.6 is 11.6 Å². The van der Waals surface area contributed by atoms with Gasteiger partial charge in [-0.25, -0.2) is 9.78 Å². The Bertz CT molecular complexity index is 1470. The number of methoxy groups -OCH3 is 1. The fourth-order valence-electron chi connectivity index (χ4n) is 5.28. The molecule has 2 heterocycles. The van der Waals surface area contributed by atoms with Crippen LogP contribution in [0.5, 0.6) is 5.75 Å². The van der Waals surface area contributed by atoms with Gasteiger partial charge in [-0.05, 0) is 61.1 Å². The number of hydrogen-bond donors (Lipinski definition) is 3. The summed E-state index contributed by atoms with van der Waals surface area (Å²) in [6.45, 7) is 4.32. The Kier molecular flexibility index (Phi) is 8.38. The number of aliphatic carboxylic acids is 1. The molecule has 3 N–H and O–H groups in total. The van der Waals surface area contributed by atoms with Gasteiger partial charge in [0, 0.05) is 36.5 Å². The van der Waals surface area contributed by atoms with Crippen LogP contribution in [0.3, 0.4) is 0 Å². The summed E-state index contributed by atoms with van der Waals surface area (Å²) in [5.41, 5.74) is 5.58. The maximum Gasteiger partial charge on any atom is 0.342 e. The molecule has 5 rings (SSSR count). The first-order valence-corrected chi connectivity index (χ1v) is 13.8. The van der Waals surface area contributed by atoms with Crippen LogP contribution in [0.15, 0.2) is 60.0 Å². The quantitative estimate of drug-likeness (QED) is 0.154. The summed E-state index contributed by atoms with van der Waals surface area (Å²) >= 11 is 6.91. The van der Waals surface area contributed by atoms with Crippen LogP contribution in [0.25, 0.3) is 11.3 Å². The molecule has 0 spiro atoms. The highest BCUT2D eigenvalue weighted by Gasteiger charge is 2.29. The maximum absolute atomic E-state index is 11.5. The zero-order valence-electron chi connectivity index (χ0n) is 22.7. The first kappa shape index (κ1) is 27.7. The average Bonchev–Trinajstić information content (AvgIpc) is 2.92. The molecule has 208 valence electrons. The van der Waals surface area contributed by atoms with Gasteiger partial charge in [-0.2, -0.15) is 0 Å². The van der Waals surface area contributed by atoms with Crippen molar-refractivity contribution in [2.45, 2.75) is 51.8 Å². The number of carbonyl (C=O) groups is 1. The van der Waals surface area contributed by atoms with E-state index < -0.39 is 5.97 Å². The minimum atomic E-state index is -1.28. The summed E-state index contributed by atoms with van der Waals surface area (Å²) in [6.07, 6.45) is 5.62. The molecule has 2 aliphatic rings. The van der Waals surface area contributed by atoms with E-state index in [-0.39, 0.29) is 11.5 Å². The molecule has 0 unspecified atom stereocenters. The molecule has 1 aliphatic heterocycles. The molecule has 1 aromatic heterocycles. The standard InChI is InChI=1S/C31H33ClN4O4/c1-19-6-3-9-24(26-10-5-11-27(34-26)35-30(39-2)25(16-33)31(37)38)29(19)40-18-21-13-12-20-17-36(22-7-4-8-22)15-14-23(20)28(21)32/h3,5-6,9-13,16,22,33H,4,7-8,14-15,17-18H2,1-2H3,(H,34,35)(H,37,38)/b30-25-,33-16?. The Hall–Kier alpha value is -3.88. The molecule has 0 saturated heterocycles. The number of pyridine rings is 1. The summed E-state index contributed by atoms with van der Waals surface area (Å²) < 4.78 is 11.6. The summed E-state index contributed by atoms with van der Waals surface area (Å²) in [6, 6.07) is 16.2. The number of rotatable bonds is 10. The number of benzene rings is 2. The highest BCUT2D eigenvalue weighted by Crippen LogP contribution is 2.36. The SMILES string of the molecule is CO/C(Nc1cccc(-c2cccc(C)c2OCc2ccc3c(c2Cl)CCN(C2CCC2)C3)n1)=C(/C=N)C(=O)O. The third kappa shape index (κ3) is 5.69. The number of fused-ring (bicyclic) bond motifs is 1. The van der Waals surface area contributed by atoms with Crippen molar-refractivity contribution in [1.29, 1.82) is 5.41 Å². The van der Waals surface area contributed by atoms with Crippen molar-refractivity contribution in [1.82, 2.24) is 9.88 Å². The minimum absolute atomic E-state index is 0.0780. The van der Waals surface area contributed by atoms with Crippen LogP contribution in [0.2, 0.25) is 5.02 Å². The van der Waals surface area contributed by atoms with Gasteiger partial charge in [-0.1, -0.05) is 48.4 Å². The second kappa shape index (κ2) is 12.1. The van der Waals surface area contributed by atoms with Crippen molar-refractivity contribution in [3.63, 3.8) is 0 Å². The van der Waals surface area contributed by atoms with Gasteiger partial charge in [-0.3, -0.25) is 4.90 Å². The number of hydrogen-bond acceptors (Lipinski definition) is 7. The number of carboxylic acid groups (broad SMARTS) is 1. The van der Waals surface area contributed by atoms with Crippen molar-refractivity contribution in [3.8, 4) is 17.0 Å². The van der Waals surface area contributed by atoms with Crippen LogP contribution in [-0.2, 0) is 29.1 Å². The van der Waals surface area contributed by atoms with E-state index in [9.17, 15) is 9.90 Å². The van der Waals surface area contributed by atoms with E-state index in [0.717, 1.165) is 53.5 Å². The Morgan fingerprint density at radius 1 is 1.23 bits per heavy atom. The number of nitrogens with one attached hydrogen (secondary N) is 2. The number of para-hydroxylation sites is 1. The molecule has 1 saturated carbocycles. The van der Waals surface area contributed by atoms with Gasteiger partial charge >= 0.3 is 5.97 Å². The van der Waals surface area contributed by atoms with E-state index in [4.69, 9.17) is 26.5 Å². The molecule has 0 atom stereocenters. The topological polar surface area (TPSA) is 108 Å². The zero-order chi connectivity index (χ0) is 28.2. The predicted molar refractivity (Wildman–Crippen MR) is 156 cm³/mol. The number of halogens is 1. The summed E-state index contributed by atoms with van der Waals surface area (Å²) in [7, 11) is 1.33. The largest absolute Gasteiger partial charge is 0.488 e. The van der Waals surface area contributed by atoms with E-state index in [1.807, 2.05) is 37.3 Å². The summed E-state index contributed by atoms with van der Waals surface area (Å²) in [5.74, 6) is -0.284. The van der Waals surface area contributed by atoms with Crippen LogP contribution in [0, 0.1) is 12.3 Å². The molecule has 40 heavy (non-hydrogen) atoms. The van der Waals surface area contributed by atoms with Gasteiger partial charge < -0.3 is 25.3 Å². The van der Waals surface area contributed by atoms with Crippen LogP contribution in [-0.4, -0.2) is 46.9 Å². The Labute approximate surface area is 239 Å². The molecule has 3 aromatic rings. The molecule has 0 amide bonds. The second-order valence-electron chi connectivity index (χ2n) is 10.2. The summed E-state index contributed by atoms with van der Waals surface area (Å²) in [5, 5.41) is 20.4. The van der Waals surface area contributed by atoms with Crippen molar-refractivity contribution < 1.29 is 19.4 Å². The number of nitrogens with zero attached hydrogens (tertiary/aromatic N) is 2. The predicted octanol–water partition coefficient (Wildman–Crippen LogP) is 6.20. The maximum atomic E-state index is 11.5. The van der Waals surface area contributed by atoms with Crippen molar-refractivity contribution in [2.24, 2.45) is 0 Å². The molecule has 8 nitrogen and oxygen atoms in total. The molecule has 0 radical (unpaired) electrons. The number of carboxylic acids is 1. The Morgan fingerprint density at radius 2 is 2.02 bits per heavy atom. The third-order valence-corrected chi connectivity index (χ3v) is 8.18. The van der Waals surface area contributed by atoms with Crippen LogP contribution in [0.1, 0.15) is 41.5 Å². The van der Waals surface area contributed by atoms with Gasteiger partial charge in [0.15, 0.2) is 0 Å². The fourth-order valence-corrected chi connectivity index (χ4v) is 5.61. The fraction of sp³-hybridized carbons (Fsp3) is 0.323. The van der Waals surface area contributed by atoms with E-state index in [1.165, 1.54) is 37.5 Å². The van der Waals surface area contributed by atoms with E-state index in [0.29, 0.717) is 23.9 Å².